The number of phosphoric ester groups is 1. The average molecular weight is 316 g/mol. The molecule has 5 heteroatoms. The Kier molecular flexibility index (Phi) is 3.43. The Morgan fingerprint density at radius 3 is 1.95 bits per heavy atom. The first kappa shape index (κ1) is 14.2. The summed E-state index contributed by atoms with van der Waals surface area (Å²) in [7, 11) is -3.22. The summed E-state index contributed by atoms with van der Waals surface area (Å²) >= 11 is 0. The lowest BCUT2D eigenvalue weighted by atomic mass is 9.83. The molecule has 3 saturated heterocycles. The lowest BCUT2D eigenvalue weighted by Gasteiger charge is -2.44. The summed E-state index contributed by atoms with van der Waals surface area (Å²) in [5, 5.41) is 0. The minimum atomic E-state index is -3.22. The summed E-state index contributed by atoms with van der Waals surface area (Å²) in [6.07, 6.45) is 0.794. The second kappa shape index (κ2) is 5.32. The molecule has 2 bridgehead atoms. The van der Waals surface area contributed by atoms with E-state index in [-0.39, 0.29) is 5.41 Å². The molecule has 4 nitrogen and oxygen atoms in total. The highest BCUT2D eigenvalue weighted by Crippen LogP contribution is 2.60. The van der Waals surface area contributed by atoms with Crippen molar-refractivity contribution in [2.75, 3.05) is 19.8 Å². The Labute approximate surface area is 129 Å². The van der Waals surface area contributed by atoms with Gasteiger partial charge in [0, 0.05) is 5.41 Å². The van der Waals surface area contributed by atoms with Crippen molar-refractivity contribution in [2.24, 2.45) is 5.41 Å². The molecule has 0 aliphatic carbocycles. The van der Waals surface area contributed by atoms with E-state index >= 15 is 0 Å². The zero-order valence-electron chi connectivity index (χ0n) is 12.1. The third-order valence-electron chi connectivity index (χ3n) is 4.23. The molecule has 0 unspecified atom stereocenters. The van der Waals surface area contributed by atoms with Crippen molar-refractivity contribution in [3.05, 3.63) is 60.2 Å². The van der Waals surface area contributed by atoms with E-state index in [0.29, 0.717) is 19.8 Å². The van der Waals surface area contributed by atoms with Gasteiger partial charge in [-0.05, 0) is 23.1 Å². The molecule has 0 spiro atoms. The van der Waals surface area contributed by atoms with Crippen molar-refractivity contribution in [3.63, 3.8) is 0 Å². The molecular formula is C17H17O4P. The molecule has 114 valence electrons. The van der Waals surface area contributed by atoms with Gasteiger partial charge in [0.15, 0.2) is 0 Å². The molecule has 3 heterocycles. The van der Waals surface area contributed by atoms with Crippen LogP contribution < -0.4 is 0 Å². The van der Waals surface area contributed by atoms with Crippen LogP contribution in [0.5, 0.6) is 0 Å². The number of rotatable bonds is 3. The second-order valence-electron chi connectivity index (χ2n) is 6.01. The van der Waals surface area contributed by atoms with Crippen LogP contribution in [-0.4, -0.2) is 19.8 Å². The first-order valence-corrected chi connectivity index (χ1v) is 8.81. The van der Waals surface area contributed by atoms with Crippen LogP contribution in [-0.2, 0) is 24.6 Å². The molecule has 0 aromatic heterocycles. The van der Waals surface area contributed by atoms with Gasteiger partial charge in [0.25, 0.3) is 0 Å². The summed E-state index contributed by atoms with van der Waals surface area (Å²) in [4.78, 5) is 0. The molecule has 0 N–H and O–H groups in total. The van der Waals surface area contributed by atoms with Gasteiger partial charge in [-0.25, -0.2) is 4.57 Å². The molecule has 0 amide bonds. The van der Waals surface area contributed by atoms with Crippen LogP contribution in [0.3, 0.4) is 0 Å². The van der Waals surface area contributed by atoms with Gasteiger partial charge in [0.1, 0.15) is 0 Å². The Morgan fingerprint density at radius 1 is 0.818 bits per heavy atom. The number of hydrogen-bond donors (Lipinski definition) is 0. The predicted octanol–water partition coefficient (Wildman–Crippen LogP) is 4.07. The van der Waals surface area contributed by atoms with Gasteiger partial charge in [0.05, 0.1) is 19.8 Å². The van der Waals surface area contributed by atoms with E-state index in [2.05, 4.69) is 36.4 Å². The fourth-order valence-electron chi connectivity index (χ4n) is 2.92. The van der Waals surface area contributed by atoms with Crippen LogP contribution in [0, 0.1) is 5.41 Å². The highest BCUT2D eigenvalue weighted by molar-refractivity contribution is 7.48. The quantitative estimate of drug-likeness (QED) is 0.801. The second-order valence-corrected chi connectivity index (χ2v) is 7.68. The van der Waals surface area contributed by atoms with Gasteiger partial charge in [-0.15, -0.1) is 0 Å². The molecule has 3 aliphatic rings. The summed E-state index contributed by atoms with van der Waals surface area (Å²) in [6, 6.07) is 18.8. The van der Waals surface area contributed by atoms with Crippen molar-refractivity contribution >= 4 is 7.82 Å². The predicted molar refractivity (Wildman–Crippen MR) is 83.5 cm³/mol. The monoisotopic (exact) mass is 316 g/mol. The molecule has 0 saturated carbocycles. The number of hydrogen-bond acceptors (Lipinski definition) is 4. The summed E-state index contributed by atoms with van der Waals surface area (Å²) < 4.78 is 27.5. The fraction of sp³-hybridized carbons (Fsp3) is 0.294. The van der Waals surface area contributed by atoms with Gasteiger partial charge in [-0.2, -0.15) is 0 Å². The van der Waals surface area contributed by atoms with Crippen LogP contribution in [0.25, 0.3) is 11.1 Å². The SMILES string of the molecule is O=P12OCC(Cc3ccc(-c4ccccc4)cc3)(CO1)CO2. The maximum Gasteiger partial charge on any atom is 0.474 e. The van der Waals surface area contributed by atoms with Gasteiger partial charge in [0.2, 0.25) is 0 Å². The maximum absolute atomic E-state index is 11.8. The lowest BCUT2D eigenvalue weighted by Crippen LogP contribution is -2.46. The third-order valence-corrected chi connectivity index (χ3v) is 5.56. The van der Waals surface area contributed by atoms with Gasteiger partial charge in [-0.3, -0.25) is 13.6 Å². The first-order valence-electron chi connectivity index (χ1n) is 7.35. The summed E-state index contributed by atoms with van der Waals surface area (Å²) in [5.41, 5.74) is 3.38. The molecule has 2 aromatic carbocycles. The standard InChI is InChI=1S/C17H17O4P/c18-22-19-11-17(12-20-22,13-21-22)10-14-6-8-16(9-7-14)15-4-2-1-3-5-15/h1-9H,10-13H2. The molecule has 2 aromatic rings. The summed E-state index contributed by atoms with van der Waals surface area (Å²) in [5.74, 6) is 0. The van der Waals surface area contributed by atoms with Gasteiger partial charge < -0.3 is 0 Å². The molecule has 22 heavy (non-hydrogen) atoms. The van der Waals surface area contributed by atoms with Crippen molar-refractivity contribution < 1.29 is 18.1 Å². The zero-order chi connectivity index (χ0) is 15.0. The fourth-order valence-corrected chi connectivity index (χ4v) is 4.44. The van der Waals surface area contributed by atoms with Crippen LogP contribution in [0.2, 0.25) is 0 Å². The number of benzene rings is 2. The lowest BCUT2D eigenvalue weighted by molar-refractivity contribution is -0.0933. The molecule has 0 atom stereocenters. The van der Waals surface area contributed by atoms with Crippen molar-refractivity contribution in [3.8, 4) is 11.1 Å². The van der Waals surface area contributed by atoms with Gasteiger partial charge >= 0.3 is 7.82 Å². The molecule has 0 radical (unpaired) electrons. The maximum atomic E-state index is 11.8. The molecule has 3 aliphatic heterocycles. The van der Waals surface area contributed by atoms with E-state index in [9.17, 15) is 4.57 Å². The van der Waals surface area contributed by atoms with Crippen molar-refractivity contribution in [1.29, 1.82) is 0 Å². The van der Waals surface area contributed by atoms with Crippen LogP contribution >= 0.6 is 7.82 Å². The van der Waals surface area contributed by atoms with Gasteiger partial charge in [-0.1, -0.05) is 54.6 Å². The Morgan fingerprint density at radius 2 is 1.36 bits per heavy atom. The molecule has 5 rings (SSSR count). The minimum Gasteiger partial charge on any atom is -0.286 e. The van der Waals surface area contributed by atoms with Crippen molar-refractivity contribution in [1.82, 2.24) is 0 Å². The van der Waals surface area contributed by atoms with E-state index in [0.717, 1.165) is 6.42 Å². The average Bonchev–Trinajstić information content (AvgIpc) is 2.58. The number of fused-ring (bicyclic) bond motifs is 3. The van der Waals surface area contributed by atoms with E-state index in [4.69, 9.17) is 13.6 Å². The van der Waals surface area contributed by atoms with E-state index in [1.165, 1.54) is 16.7 Å². The van der Waals surface area contributed by atoms with E-state index in [1.54, 1.807) is 0 Å². The molecule has 3 fully saturated rings. The first-order chi connectivity index (χ1) is 10.7. The van der Waals surface area contributed by atoms with E-state index in [1.807, 2.05) is 18.2 Å². The summed E-state index contributed by atoms with van der Waals surface area (Å²) in [6.45, 7) is 1.31. The smallest absolute Gasteiger partial charge is 0.286 e. The van der Waals surface area contributed by atoms with Crippen LogP contribution in [0.15, 0.2) is 54.6 Å². The molecular weight excluding hydrogens is 299 g/mol. The van der Waals surface area contributed by atoms with Crippen molar-refractivity contribution in [2.45, 2.75) is 6.42 Å². The van der Waals surface area contributed by atoms with E-state index < -0.39 is 7.82 Å². The Balaban J connectivity index is 1.51. The normalized spacial score (nSPS) is 30.4. The van der Waals surface area contributed by atoms with Crippen LogP contribution in [0.1, 0.15) is 5.56 Å². The Bertz CT molecular complexity index is 680. The number of phosphoric acid groups is 1. The zero-order valence-corrected chi connectivity index (χ0v) is 13.0. The topological polar surface area (TPSA) is 44.8 Å². The largest absolute Gasteiger partial charge is 0.474 e. The Hall–Kier alpha value is -1.45. The van der Waals surface area contributed by atoms with Crippen LogP contribution in [0.4, 0.5) is 0 Å². The third kappa shape index (κ3) is 2.64. The highest BCUT2D eigenvalue weighted by atomic mass is 31.2. The highest BCUT2D eigenvalue weighted by Gasteiger charge is 2.50. The minimum absolute atomic E-state index is 0.222.